The fourth-order valence-electron chi connectivity index (χ4n) is 5.28. The highest BCUT2D eigenvalue weighted by atomic mass is 16.5. The number of likely N-dealkylation sites (N-methyl/N-ethyl adjacent to an activating group) is 1. The van der Waals surface area contributed by atoms with Crippen molar-refractivity contribution in [1.82, 2.24) is 20.0 Å². The van der Waals surface area contributed by atoms with Gasteiger partial charge in [0, 0.05) is 32.4 Å². The summed E-state index contributed by atoms with van der Waals surface area (Å²) < 4.78 is 5.31. The smallest absolute Gasteiger partial charge is 0.327 e. The Morgan fingerprint density at radius 2 is 1.76 bits per heavy atom. The van der Waals surface area contributed by atoms with Gasteiger partial charge in [0.2, 0.25) is 0 Å². The Morgan fingerprint density at radius 3 is 2.45 bits per heavy atom. The molecule has 4 atom stereocenters. The summed E-state index contributed by atoms with van der Waals surface area (Å²) in [5, 5.41) is 3.58. The van der Waals surface area contributed by atoms with Gasteiger partial charge in [-0.2, -0.15) is 0 Å². The van der Waals surface area contributed by atoms with E-state index in [1.54, 1.807) is 19.1 Å². The Labute approximate surface area is 194 Å². The van der Waals surface area contributed by atoms with E-state index in [4.69, 9.17) is 4.74 Å². The van der Waals surface area contributed by atoms with Gasteiger partial charge in [-0.05, 0) is 42.2 Å². The number of fused-ring (bicyclic) bond motifs is 3. The molecule has 0 bridgehead atoms. The average molecular weight is 450 g/mol. The van der Waals surface area contributed by atoms with E-state index in [1.165, 1.54) is 4.90 Å². The zero-order valence-corrected chi connectivity index (χ0v) is 19.3. The number of carbonyl (C=O) groups excluding carboxylic acids is 2. The molecule has 0 saturated carbocycles. The normalized spacial score (nSPS) is 27.5. The quantitative estimate of drug-likeness (QED) is 0.755. The van der Waals surface area contributed by atoms with Crippen LogP contribution in [0.25, 0.3) is 0 Å². The summed E-state index contributed by atoms with van der Waals surface area (Å²) in [7, 11) is 3.44. The van der Waals surface area contributed by atoms with Crippen LogP contribution >= 0.6 is 0 Å². The van der Waals surface area contributed by atoms with Crippen LogP contribution in [-0.4, -0.2) is 78.9 Å². The highest BCUT2D eigenvalue weighted by molar-refractivity contribution is 6.00. The van der Waals surface area contributed by atoms with E-state index in [0.717, 1.165) is 30.1 Å². The number of nitrogens with one attached hydrogen (secondary N) is 1. The second-order valence-electron chi connectivity index (χ2n) is 9.20. The van der Waals surface area contributed by atoms with Crippen LogP contribution in [0.15, 0.2) is 54.6 Å². The van der Waals surface area contributed by atoms with Crippen molar-refractivity contribution in [2.75, 3.05) is 38.7 Å². The molecule has 5 rings (SSSR count). The maximum absolute atomic E-state index is 13.6. The molecule has 0 aromatic heterocycles. The van der Waals surface area contributed by atoms with Crippen LogP contribution in [0.2, 0.25) is 0 Å². The largest absolute Gasteiger partial charge is 0.497 e. The molecule has 3 aliphatic rings. The van der Waals surface area contributed by atoms with Crippen LogP contribution in [0.3, 0.4) is 0 Å². The molecule has 8 heteroatoms. The minimum Gasteiger partial charge on any atom is -0.497 e. The van der Waals surface area contributed by atoms with E-state index in [2.05, 4.69) is 22.0 Å². The first-order chi connectivity index (χ1) is 16.0. The van der Waals surface area contributed by atoms with Gasteiger partial charge >= 0.3 is 6.03 Å². The highest BCUT2D eigenvalue weighted by Crippen LogP contribution is 2.35. The molecule has 3 aliphatic heterocycles. The van der Waals surface area contributed by atoms with Crippen LogP contribution in [0.4, 0.5) is 10.5 Å². The SMILES string of the molecule is COc1ccc(N2CC(C)CN3C4C(=O)N(CCc5ccccc5)C(=O)N(C)C4NC23)cc1. The van der Waals surface area contributed by atoms with Gasteiger partial charge in [0.15, 0.2) is 0 Å². The second-order valence-corrected chi connectivity index (χ2v) is 9.20. The van der Waals surface area contributed by atoms with Gasteiger partial charge in [0.1, 0.15) is 24.2 Å². The molecule has 3 fully saturated rings. The molecular weight excluding hydrogens is 418 g/mol. The second kappa shape index (κ2) is 8.68. The average Bonchev–Trinajstić information content (AvgIpc) is 3.22. The molecule has 2 aromatic rings. The molecular formula is C25H31N5O3. The molecule has 8 nitrogen and oxygen atoms in total. The Balaban J connectivity index is 1.40. The fraction of sp³-hybridized carbons (Fsp3) is 0.440. The summed E-state index contributed by atoms with van der Waals surface area (Å²) in [4.78, 5) is 34.4. The number of ether oxygens (including phenoxy) is 1. The summed E-state index contributed by atoms with van der Waals surface area (Å²) in [6.45, 7) is 4.25. The Morgan fingerprint density at radius 1 is 1.03 bits per heavy atom. The summed E-state index contributed by atoms with van der Waals surface area (Å²) in [5.41, 5.74) is 2.17. The number of urea groups is 1. The van der Waals surface area contributed by atoms with Crippen LogP contribution in [0.5, 0.6) is 5.75 Å². The lowest BCUT2D eigenvalue weighted by Gasteiger charge is -2.46. The van der Waals surface area contributed by atoms with Crippen LogP contribution in [-0.2, 0) is 11.2 Å². The number of anilines is 1. The number of benzene rings is 2. The van der Waals surface area contributed by atoms with Gasteiger partial charge in [0.25, 0.3) is 5.91 Å². The zero-order valence-electron chi connectivity index (χ0n) is 19.3. The van der Waals surface area contributed by atoms with Crippen LogP contribution in [0.1, 0.15) is 12.5 Å². The minimum atomic E-state index is -0.406. The molecule has 2 aromatic carbocycles. The van der Waals surface area contributed by atoms with Crippen molar-refractivity contribution in [1.29, 1.82) is 0 Å². The third kappa shape index (κ3) is 3.83. The lowest BCUT2D eigenvalue weighted by Crippen LogP contribution is -2.66. The molecule has 3 amide bonds. The molecule has 3 heterocycles. The maximum atomic E-state index is 13.6. The number of hydrogen-bond donors (Lipinski definition) is 1. The summed E-state index contributed by atoms with van der Waals surface area (Å²) >= 11 is 0. The first-order valence-corrected chi connectivity index (χ1v) is 11.5. The fourth-order valence-corrected chi connectivity index (χ4v) is 5.28. The van der Waals surface area contributed by atoms with Crippen LogP contribution < -0.4 is 15.0 Å². The van der Waals surface area contributed by atoms with E-state index >= 15 is 0 Å². The van der Waals surface area contributed by atoms with Crippen molar-refractivity contribution in [3.63, 3.8) is 0 Å². The lowest BCUT2D eigenvalue weighted by atomic mass is 10.0. The molecule has 0 aliphatic carbocycles. The number of imide groups is 1. The van der Waals surface area contributed by atoms with Crippen molar-refractivity contribution in [3.8, 4) is 5.75 Å². The minimum absolute atomic E-state index is 0.113. The van der Waals surface area contributed by atoms with Gasteiger partial charge < -0.3 is 14.5 Å². The van der Waals surface area contributed by atoms with Crippen molar-refractivity contribution in [3.05, 3.63) is 60.2 Å². The highest BCUT2D eigenvalue weighted by Gasteiger charge is 2.56. The molecule has 1 N–H and O–H groups in total. The molecule has 33 heavy (non-hydrogen) atoms. The van der Waals surface area contributed by atoms with E-state index < -0.39 is 6.04 Å². The monoisotopic (exact) mass is 449 g/mol. The number of rotatable bonds is 5. The number of methoxy groups -OCH3 is 1. The zero-order chi connectivity index (χ0) is 23.1. The van der Waals surface area contributed by atoms with Crippen molar-refractivity contribution in [2.45, 2.75) is 31.8 Å². The third-order valence-corrected chi connectivity index (χ3v) is 6.96. The Hall–Kier alpha value is -3.10. The maximum Gasteiger partial charge on any atom is 0.327 e. The summed E-state index contributed by atoms with van der Waals surface area (Å²) in [5.74, 6) is 1.07. The van der Waals surface area contributed by atoms with Gasteiger partial charge in [-0.3, -0.25) is 19.9 Å². The number of hydrogen-bond acceptors (Lipinski definition) is 6. The third-order valence-electron chi connectivity index (χ3n) is 6.96. The van der Waals surface area contributed by atoms with Gasteiger partial charge in [-0.1, -0.05) is 37.3 Å². The standard InChI is InChI=1S/C25H31N5O3/c1-17-15-29(19-9-11-20(33-3)12-10-19)24-26-22-21(30(24)16-17)23(31)28(25(32)27(22)2)14-13-18-7-5-4-6-8-18/h4-12,17,21-22,24,26H,13-16H2,1-3H3. The summed E-state index contributed by atoms with van der Waals surface area (Å²) in [6, 6.07) is 17.3. The molecule has 4 unspecified atom stereocenters. The van der Waals surface area contributed by atoms with Crippen molar-refractivity contribution < 1.29 is 14.3 Å². The van der Waals surface area contributed by atoms with Gasteiger partial charge in [-0.25, -0.2) is 4.79 Å². The molecule has 174 valence electrons. The van der Waals surface area contributed by atoms with E-state index in [1.807, 2.05) is 54.6 Å². The van der Waals surface area contributed by atoms with Crippen molar-refractivity contribution in [2.24, 2.45) is 5.92 Å². The van der Waals surface area contributed by atoms with Gasteiger partial charge in [0.05, 0.1) is 7.11 Å². The lowest BCUT2D eigenvalue weighted by molar-refractivity contribution is -0.138. The number of amides is 3. The first-order valence-electron chi connectivity index (χ1n) is 11.5. The molecule has 0 radical (unpaired) electrons. The van der Waals surface area contributed by atoms with Crippen molar-refractivity contribution >= 4 is 17.6 Å². The van der Waals surface area contributed by atoms with Crippen LogP contribution in [0, 0.1) is 5.92 Å². The van der Waals surface area contributed by atoms with Gasteiger partial charge in [-0.15, -0.1) is 0 Å². The Kier molecular flexibility index (Phi) is 5.72. The first kappa shape index (κ1) is 21.7. The number of nitrogens with zero attached hydrogens (tertiary/aromatic N) is 4. The van der Waals surface area contributed by atoms with E-state index in [9.17, 15) is 9.59 Å². The van der Waals surface area contributed by atoms with E-state index in [0.29, 0.717) is 18.9 Å². The molecule has 3 saturated heterocycles. The predicted octanol–water partition coefficient (Wildman–Crippen LogP) is 2.17. The Bertz CT molecular complexity index is 1010. The molecule has 0 spiro atoms. The number of carbonyl (C=O) groups is 2. The predicted molar refractivity (Wildman–Crippen MR) is 126 cm³/mol. The van der Waals surface area contributed by atoms with E-state index in [-0.39, 0.29) is 24.4 Å². The summed E-state index contributed by atoms with van der Waals surface area (Å²) in [6.07, 6.45) is 0.140. The topological polar surface area (TPSA) is 68.4 Å².